The third-order valence-electron chi connectivity index (χ3n) is 4.03. The maximum absolute atomic E-state index is 12.8. The van der Waals surface area contributed by atoms with Crippen LogP contribution in [0.4, 0.5) is 5.82 Å². The van der Waals surface area contributed by atoms with E-state index in [9.17, 15) is 4.79 Å². The molecule has 1 fully saturated rings. The second-order valence-electron chi connectivity index (χ2n) is 5.97. The number of carbonyl (C=O) groups excluding carboxylic acids is 1. The molecule has 1 aromatic rings. The molecule has 0 saturated heterocycles. The minimum atomic E-state index is -0.631. The molecule has 1 aliphatic rings. The Morgan fingerprint density at radius 3 is 2.65 bits per heavy atom. The van der Waals surface area contributed by atoms with Gasteiger partial charge in [0.15, 0.2) is 5.11 Å². The molecule has 23 heavy (non-hydrogen) atoms. The molecule has 0 aromatic carbocycles. The van der Waals surface area contributed by atoms with E-state index in [0.717, 1.165) is 30.9 Å². The Labute approximate surface area is 142 Å². The lowest BCUT2D eigenvalue weighted by atomic mass is 9.60. The normalized spacial score (nSPS) is 22.7. The first-order chi connectivity index (χ1) is 10.9. The predicted molar refractivity (Wildman–Crippen MR) is 93.9 cm³/mol. The van der Waals surface area contributed by atoms with Crippen LogP contribution in [0.2, 0.25) is 0 Å². The molecular weight excluding hydrogens is 312 g/mol. The SMILES string of the molecule is CCNc1cc(C2(C(=O)NNC(=S)NC)CC(C)C2)nc(C)n1. The molecule has 1 saturated carbocycles. The number of hydrazine groups is 1. The zero-order chi connectivity index (χ0) is 17.0. The van der Waals surface area contributed by atoms with Gasteiger partial charge in [-0.2, -0.15) is 0 Å². The number of thiocarbonyl (C=S) groups is 1. The van der Waals surface area contributed by atoms with Crippen LogP contribution in [0.15, 0.2) is 6.07 Å². The summed E-state index contributed by atoms with van der Waals surface area (Å²) in [6, 6.07) is 1.87. The number of hydrogen-bond acceptors (Lipinski definition) is 5. The highest BCUT2D eigenvalue weighted by atomic mass is 32.1. The van der Waals surface area contributed by atoms with Crippen molar-refractivity contribution in [3.05, 3.63) is 17.6 Å². The third-order valence-corrected chi connectivity index (χ3v) is 4.34. The molecule has 4 N–H and O–H groups in total. The lowest BCUT2D eigenvalue weighted by Gasteiger charge is -2.44. The number of amides is 1. The highest BCUT2D eigenvalue weighted by molar-refractivity contribution is 7.80. The number of carbonyl (C=O) groups is 1. The van der Waals surface area contributed by atoms with Gasteiger partial charge in [0.25, 0.3) is 5.91 Å². The molecule has 1 aromatic heterocycles. The first-order valence-electron chi connectivity index (χ1n) is 7.79. The summed E-state index contributed by atoms with van der Waals surface area (Å²) in [5.41, 5.74) is 5.53. The van der Waals surface area contributed by atoms with Crippen molar-refractivity contribution in [3.63, 3.8) is 0 Å². The average Bonchev–Trinajstić information content (AvgIpc) is 2.48. The van der Waals surface area contributed by atoms with Crippen LogP contribution in [-0.2, 0) is 10.2 Å². The van der Waals surface area contributed by atoms with E-state index in [-0.39, 0.29) is 5.91 Å². The Morgan fingerprint density at radius 1 is 1.39 bits per heavy atom. The van der Waals surface area contributed by atoms with Crippen LogP contribution in [-0.4, -0.2) is 34.6 Å². The maximum Gasteiger partial charge on any atom is 0.250 e. The zero-order valence-corrected chi connectivity index (χ0v) is 14.8. The number of hydrogen-bond donors (Lipinski definition) is 4. The largest absolute Gasteiger partial charge is 0.370 e. The summed E-state index contributed by atoms with van der Waals surface area (Å²) in [5, 5.41) is 6.32. The smallest absolute Gasteiger partial charge is 0.250 e. The highest BCUT2D eigenvalue weighted by Crippen LogP contribution is 2.47. The fourth-order valence-corrected chi connectivity index (χ4v) is 3.07. The molecule has 8 heteroatoms. The van der Waals surface area contributed by atoms with Crippen molar-refractivity contribution >= 4 is 29.1 Å². The van der Waals surface area contributed by atoms with Gasteiger partial charge in [-0.1, -0.05) is 6.92 Å². The van der Waals surface area contributed by atoms with E-state index in [4.69, 9.17) is 12.2 Å². The average molecular weight is 336 g/mol. The molecule has 7 nitrogen and oxygen atoms in total. The van der Waals surface area contributed by atoms with Gasteiger partial charge in [-0.15, -0.1) is 0 Å². The number of aromatic nitrogens is 2. The van der Waals surface area contributed by atoms with E-state index in [1.54, 1.807) is 7.05 Å². The Balaban J connectivity index is 2.26. The van der Waals surface area contributed by atoms with Crippen molar-refractivity contribution in [2.75, 3.05) is 18.9 Å². The van der Waals surface area contributed by atoms with Crippen molar-refractivity contribution < 1.29 is 4.79 Å². The summed E-state index contributed by atoms with van der Waals surface area (Å²) in [7, 11) is 1.69. The number of anilines is 1. The summed E-state index contributed by atoms with van der Waals surface area (Å²) in [6.45, 7) is 6.75. The summed E-state index contributed by atoms with van der Waals surface area (Å²) in [4.78, 5) is 21.6. The number of nitrogens with one attached hydrogen (secondary N) is 4. The molecule has 0 unspecified atom stereocenters. The molecule has 126 valence electrons. The zero-order valence-electron chi connectivity index (χ0n) is 14.0. The first kappa shape index (κ1) is 17.4. The van der Waals surface area contributed by atoms with E-state index in [2.05, 4.69) is 38.4 Å². The van der Waals surface area contributed by atoms with Gasteiger partial charge in [-0.25, -0.2) is 9.97 Å². The highest BCUT2D eigenvalue weighted by Gasteiger charge is 2.51. The molecule has 1 amide bonds. The van der Waals surface area contributed by atoms with Gasteiger partial charge in [0.05, 0.1) is 11.1 Å². The lowest BCUT2D eigenvalue weighted by Crippen LogP contribution is -2.58. The van der Waals surface area contributed by atoms with E-state index >= 15 is 0 Å². The van der Waals surface area contributed by atoms with Crippen molar-refractivity contribution in [1.29, 1.82) is 0 Å². The summed E-state index contributed by atoms with van der Waals surface area (Å²) >= 11 is 4.99. The Morgan fingerprint density at radius 2 is 2.09 bits per heavy atom. The molecule has 1 heterocycles. The Bertz CT molecular complexity index is 600. The molecule has 0 radical (unpaired) electrons. The van der Waals surface area contributed by atoms with Crippen LogP contribution < -0.4 is 21.5 Å². The summed E-state index contributed by atoms with van der Waals surface area (Å²) < 4.78 is 0. The fourth-order valence-electron chi connectivity index (χ4n) is 3.02. The van der Waals surface area contributed by atoms with E-state index in [0.29, 0.717) is 16.9 Å². The van der Waals surface area contributed by atoms with E-state index in [1.165, 1.54) is 0 Å². The van der Waals surface area contributed by atoms with Crippen molar-refractivity contribution in [2.24, 2.45) is 5.92 Å². The van der Waals surface area contributed by atoms with Gasteiger partial charge in [0.1, 0.15) is 11.6 Å². The molecule has 0 spiro atoms. The predicted octanol–water partition coefficient (Wildman–Crippen LogP) is 1.01. The second-order valence-corrected chi connectivity index (χ2v) is 6.38. The number of aryl methyl sites for hydroxylation is 1. The minimum Gasteiger partial charge on any atom is -0.370 e. The molecular formula is C15H24N6OS. The monoisotopic (exact) mass is 336 g/mol. The maximum atomic E-state index is 12.8. The Hall–Kier alpha value is -1.96. The fraction of sp³-hybridized carbons (Fsp3) is 0.600. The quantitative estimate of drug-likeness (QED) is 0.482. The topological polar surface area (TPSA) is 91.0 Å². The molecule has 0 atom stereocenters. The van der Waals surface area contributed by atoms with Crippen LogP contribution >= 0.6 is 12.2 Å². The van der Waals surface area contributed by atoms with Crippen molar-refractivity contribution in [1.82, 2.24) is 26.1 Å². The van der Waals surface area contributed by atoms with Crippen LogP contribution in [0.5, 0.6) is 0 Å². The minimum absolute atomic E-state index is 0.117. The number of nitrogens with zero attached hydrogens (tertiary/aromatic N) is 2. The summed E-state index contributed by atoms with van der Waals surface area (Å²) in [6.07, 6.45) is 1.52. The van der Waals surface area contributed by atoms with Crippen LogP contribution in [0.1, 0.15) is 38.2 Å². The van der Waals surface area contributed by atoms with Gasteiger partial charge in [0.2, 0.25) is 0 Å². The standard InChI is InChI=1S/C15H24N6OS/c1-5-17-12-6-11(18-10(3)19-12)15(7-9(2)8-15)13(22)20-21-14(23)16-4/h6,9H,5,7-8H2,1-4H3,(H,20,22)(H2,16,21,23)(H,17,18,19). The molecule has 0 aliphatic heterocycles. The molecule has 0 bridgehead atoms. The van der Waals surface area contributed by atoms with Crippen LogP contribution in [0.3, 0.4) is 0 Å². The first-order valence-corrected chi connectivity index (χ1v) is 8.20. The Kier molecular flexibility index (Phi) is 5.35. The van der Waals surface area contributed by atoms with Gasteiger partial charge in [-0.05, 0) is 44.8 Å². The van der Waals surface area contributed by atoms with Crippen molar-refractivity contribution in [3.8, 4) is 0 Å². The summed E-state index contributed by atoms with van der Waals surface area (Å²) in [5.74, 6) is 1.77. The number of rotatable bonds is 4. The van der Waals surface area contributed by atoms with Crippen molar-refractivity contribution in [2.45, 2.75) is 39.0 Å². The van der Waals surface area contributed by atoms with Crippen LogP contribution in [0.25, 0.3) is 0 Å². The van der Waals surface area contributed by atoms with Gasteiger partial charge >= 0.3 is 0 Å². The van der Waals surface area contributed by atoms with Gasteiger partial charge < -0.3 is 10.6 Å². The van der Waals surface area contributed by atoms with Gasteiger partial charge in [-0.3, -0.25) is 15.6 Å². The second kappa shape index (κ2) is 7.08. The lowest BCUT2D eigenvalue weighted by molar-refractivity contribution is -0.132. The van der Waals surface area contributed by atoms with Gasteiger partial charge in [0, 0.05) is 19.7 Å². The van der Waals surface area contributed by atoms with E-state index < -0.39 is 5.41 Å². The molecule has 1 aliphatic carbocycles. The molecule has 2 rings (SSSR count). The third kappa shape index (κ3) is 3.69. The van der Waals surface area contributed by atoms with Crippen LogP contribution in [0, 0.1) is 12.8 Å². The van der Waals surface area contributed by atoms with E-state index in [1.807, 2.05) is 19.9 Å².